The number of carbonyl (C=O) groups is 1. The molecule has 3 aromatic rings. The number of aliphatic hydroxyl groups excluding tert-OH is 1. The zero-order chi connectivity index (χ0) is 23.2. The van der Waals surface area contributed by atoms with Gasteiger partial charge in [0.25, 0.3) is 5.91 Å². The number of hydrogen-bond acceptors (Lipinski definition) is 7. The summed E-state index contributed by atoms with van der Waals surface area (Å²) in [6, 6.07) is 9.64. The molecule has 33 heavy (non-hydrogen) atoms. The molecule has 1 fully saturated rings. The minimum atomic E-state index is -0.112. The molecule has 1 spiro atoms. The fourth-order valence-corrected chi connectivity index (χ4v) is 4.53. The van der Waals surface area contributed by atoms with E-state index in [2.05, 4.69) is 25.9 Å². The van der Waals surface area contributed by atoms with E-state index in [4.69, 9.17) is 4.74 Å². The molecule has 8 heteroatoms. The topological polar surface area (TPSA) is 91.7 Å². The average Bonchev–Trinajstić information content (AvgIpc) is 3.54. The van der Waals surface area contributed by atoms with E-state index in [1.165, 1.54) is 10.5 Å². The van der Waals surface area contributed by atoms with Crippen LogP contribution in [0.2, 0.25) is 0 Å². The first-order chi connectivity index (χ1) is 15.9. The van der Waals surface area contributed by atoms with Gasteiger partial charge in [0.1, 0.15) is 5.75 Å². The monoisotopic (exact) mass is 445 g/mol. The summed E-state index contributed by atoms with van der Waals surface area (Å²) in [5.41, 5.74) is 5.40. The van der Waals surface area contributed by atoms with Crippen molar-refractivity contribution in [2.75, 3.05) is 38.8 Å². The van der Waals surface area contributed by atoms with Gasteiger partial charge >= 0.3 is 0 Å². The third-order valence-corrected chi connectivity index (χ3v) is 6.54. The number of aryl methyl sites for hydroxylation is 1. The molecule has 0 bridgehead atoms. The number of fused-ring (bicyclic) bond motifs is 2. The van der Waals surface area contributed by atoms with E-state index in [-0.39, 0.29) is 17.9 Å². The molecule has 2 aromatic heterocycles. The second kappa shape index (κ2) is 8.12. The molecule has 0 radical (unpaired) electrons. The molecule has 1 aliphatic carbocycles. The lowest BCUT2D eigenvalue weighted by Crippen LogP contribution is -2.29. The molecule has 3 heterocycles. The third-order valence-electron chi connectivity index (χ3n) is 6.54. The van der Waals surface area contributed by atoms with Crippen LogP contribution in [-0.4, -0.2) is 64.7 Å². The fourth-order valence-electron chi connectivity index (χ4n) is 4.53. The van der Waals surface area contributed by atoms with Crippen molar-refractivity contribution in [2.24, 2.45) is 0 Å². The number of hydrogen-bond donors (Lipinski definition) is 1. The average molecular weight is 446 g/mol. The molecule has 0 unspecified atom stereocenters. The van der Waals surface area contributed by atoms with Crippen LogP contribution >= 0.6 is 0 Å². The van der Waals surface area contributed by atoms with Crippen LogP contribution in [0.1, 0.15) is 34.5 Å². The van der Waals surface area contributed by atoms with Gasteiger partial charge in [0.05, 0.1) is 19.4 Å². The molecule has 1 aliphatic heterocycles. The number of pyridine rings is 1. The third kappa shape index (κ3) is 3.80. The van der Waals surface area contributed by atoms with Gasteiger partial charge in [-0.3, -0.25) is 9.78 Å². The summed E-state index contributed by atoms with van der Waals surface area (Å²) in [5.74, 6) is 1.24. The first-order valence-electron chi connectivity index (χ1n) is 11.1. The van der Waals surface area contributed by atoms with Crippen LogP contribution in [0.15, 0.2) is 42.7 Å². The highest BCUT2D eigenvalue weighted by molar-refractivity contribution is 5.96. The van der Waals surface area contributed by atoms with Crippen LogP contribution in [-0.2, 0) is 5.41 Å². The van der Waals surface area contributed by atoms with E-state index in [0.29, 0.717) is 18.1 Å². The van der Waals surface area contributed by atoms with Crippen molar-refractivity contribution in [3.05, 3.63) is 59.5 Å². The molecule has 1 amide bonds. The number of nitrogens with zero attached hydrogens (tertiary/aromatic N) is 5. The zero-order valence-corrected chi connectivity index (χ0v) is 19.1. The number of anilines is 2. The summed E-state index contributed by atoms with van der Waals surface area (Å²) in [6.07, 6.45) is 5.81. The number of likely N-dealkylation sites (N-methyl/N-ethyl adjacent to an activating group) is 1. The highest BCUT2D eigenvalue weighted by Gasteiger charge is 2.52. The van der Waals surface area contributed by atoms with E-state index in [9.17, 15) is 9.90 Å². The molecule has 0 atom stereocenters. The maximum absolute atomic E-state index is 12.8. The van der Waals surface area contributed by atoms with Gasteiger partial charge in [-0.2, -0.15) is 0 Å². The van der Waals surface area contributed by atoms with Crippen LogP contribution in [0.3, 0.4) is 0 Å². The predicted octanol–water partition coefficient (Wildman–Crippen LogP) is 3.10. The van der Waals surface area contributed by atoms with Crippen LogP contribution in [0, 0.1) is 6.92 Å². The summed E-state index contributed by atoms with van der Waals surface area (Å²) < 4.78 is 5.36. The van der Waals surface area contributed by atoms with Crippen LogP contribution in [0.25, 0.3) is 11.3 Å². The molecule has 0 saturated heterocycles. The number of carbonyl (C=O) groups excluding carboxylic acids is 1. The van der Waals surface area contributed by atoms with Crippen molar-refractivity contribution < 1.29 is 14.6 Å². The molecule has 170 valence electrons. The first-order valence-corrected chi connectivity index (χ1v) is 11.1. The largest absolute Gasteiger partial charge is 0.497 e. The minimum Gasteiger partial charge on any atom is -0.497 e. The number of ether oxygens (including phenoxy) is 1. The minimum absolute atomic E-state index is 0.0652. The van der Waals surface area contributed by atoms with E-state index in [1.807, 2.05) is 31.2 Å². The SMILES string of the molecule is COc1cc(C)nc(-c2cnc(N3CC4(CC4)c4ccc(C(=O)N(C)CCO)cc43)nc2)c1. The van der Waals surface area contributed by atoms with E-state index < -0.39 is 0 Å². The van der Waals surface area contributed by atoms with Gasteiger partial charge in [0.2, 0.25) is 5.95 Å². The van der Waals surface area contributed by atoms with Gasteiger partial charge in [-0.05, 0) is 37.5 Å². The number of rotatable bonds is 6. The Morgan fingerprint density at radius 3 is 2.64 bits per heavy atom. The van der Waals surface area contributed by atoms with Crippen LogP contribution in [0.5, 0.6) is 5.75 Å². The van der Waals surface area contributed by atoms with Crippen molar-refractivity contribution >= 4 is 17.5 Å². The normalized spacial score (nSPS) is 15.5. The van der Waals surface area contributed by atoms with E-state index >= 15 is 0 Å². The molecular formula is C25H27N5O3. The van der Waals surface area contributed by atoms with Crippen molar-refractivity contribution in [1.82, 2.24) is 19.9 Å². The molecular weight excluding hydrogens is 418 g/mol. The van der Waals surface area contributed by atoms with Crippen molar-refractivity contribution in [3.63, 3.8) is 0 Å². The van der Waals surface area contributed by atoms with Gasteiger partial charge in [-0.25, -0.2) is 9.97 Å². The van der Waals surface area contributed by atoms with Gasteiger partial charge in [0.15, 0.2) is 0 Å². The van der Waals surface area contributed by atoms with Gasteiger partial charge < -0.3 is 19.6 Å². The number of amides is 1. The summed E-state index contributed by atoms with van der Waals surface area (Å²) in [4.78, 5) is 30.3. The fraction of sp³-hybridized carbons (Fsp3) is 0.360. The molecule has 1 N–H and O–H groups in total. The Kier molecular flexibility index (Phi) is 5.25. The first kappa shape index (κ1) is 21.3. The molecule has 8 nitrogen and oxygen atoms in total. The van der Waals surface area contributed by atoms with Crippen LogP contribution < -0.4 is 9.64 Å². The highest BCUT2D eigenvalue weighted by Crippen LogP contribution is 2.57. The summed E-state index contributed by atoms with van der Waals surface area (Å²) in [5, 5.41) is 9.17. The van der Waals surface area contributed by atoms with Crippen LogP contribution in [0.4, 0.5) is 11.6 Å². The maximum Gasteiger partial charge on any atom is 0.253 e. The Morgan fingerprint density at radius 1 is 1.21 bits per heavy atom. The highest BCUT2D eigenvalue weighted by atomic mass is 16.5. The molecule has 2 aliphatic rings. The standard InChI is InChI=1S/C25H27N5O3/c1-16-10-19(33-3)12-21(28-16)18-13-26-24(27-14-18)30-15-25(6-7-25)20-5-4-17(11-22(20)30)23(32)29(2)8-9-31/h4-5,10-14,31H,6-9,15H2,1-3H3. The number of aromatic nitrogens is 3. The van der Waals surface area contributed by atoms with Gasteiger partial charge in [-0.15, -0.1) is 0 Å². The Labute approximate surface area is 192 Å². The summed E-state index contributed by atoms with van der Waals surface area (Å²) in [6.45, 7) is 2.97. The van der Waals surface area contributed by atoms with Crippen molar-refractivity contribution in [2.45, 2.75) is 25.2 Å². The lowest BCUT2D eigenvalue weighted by molar-refractivity contribution is 0.0767. The van der Waals surface area contributed by atoms with E-state index in [1.54, 1.807) is 26.6 Å². The Bertz CT molecular complexity index is 1210. The van der Waals surface area contributed by atoms with Crippen molar-refractivity contribution in [1.29, 1.82) is 0 Å². The molecule has 5 rings (SSSR count). The smallest absolute Gasteiger partial charge is 0.253 e. The zero-order valence-electron chi connectivity index (χ0n) is 19.1. The molecule has 1 saturated carbocycles. The Hall–Kier alpha value is -3.52. The number of methoxy groups -OCH3 is 1. The predicted molar refractivity (Wildman–Crippen MR) is 125 cm³/mol. The quantitative estimate of drug-likeness (QED) is 0.623. The lowest BCUT2D eigenvalue weighted by atomic mass is 9.97. The second-order valence-electron chi connectivity index (χ2n) is 8.85. The Morgan fingerprint density at radius 2 is 1.97 bits per heavy atom. The number of benzene rings is 1. The van der Waals surface area contributed by atoms with E-state index in [0.717, 1.165) is 47.8 Å². The Balaban J connectivity index is 1.47. The summed E-state index contributed by atoms with van der Waals surface area (Å²) >= 11 is 0. The second-order valence-corrected chi connectivity index (χ2v) is 8.85. The van der Waals surface area contributed by atoms with Gasteiger partial charge in [-0.1, -0.05) is 6.07 Å². The molecule has 1 aromatic carbocycles. The summed E-state index contributed by atoms with van der Waals surface area (Å²) in [7, 11) is 3.33. The van der Waals surface area contributed by atoms with Gasteiger partial charge in [0, 0.05) is 72.6 Å². The maximum atomic E-state index is 12.8. The number of aliphatic hydroxyl groups is 1. The lowest BCUT2D eigenvalue weighted by Gasteiger charge is -2.19. The van der Waals surface area contributed by atoms with Crippen molar-refractivity contribution in [3.8, 4) is 17.0 Å².